The second-order valence-electron chi connectivity index (χ2n) is 4.15. The maximum absolute atomic E-state index is 13.1. The monoisotopic (exact) mass is 219 g/mol. The zero-order valence-electron chi connectivity index (χ0n) is 9.39. The van der Waals surface area contributed by atoms with Gasteiger partial charge in [-0.25, -0.2) is 4.68 Å². The van der Waals surface area contributed by atoms with Gasteiger partial charge in [-0.05, 0) is 5.92 Å². The molecule has 0 saturated carbocycles. The summed E-state index contributed by atoms with van der Waals surface area (Å²) in [5.74, 6) is 0.996. The van der Waals surface area contributed by atoms with Gasteiger partial charge in [-0.3, -0.25) is 0 Å². The molecule has 0 aliphatic heterocycles. The van der Waals surface area contributed by atoms with Crippen molar-refractivity contribution in [2.75, 3.05) is 0 Å². The Kier molecular flexibility index (Phi) is 2.99. The van der Waals surface area contributed by atoms with Crippen molar-refractivity contribution in [3.8, 4) is 11.4 Å². The number of aromatic nitrogens is 3. The summed E-state index contributed by atoms with van der Waals surface area (Å²) in [5.41, 5.74) is 0.888. The predicted molar refractivity (Wildman–Crippen MR) is 60.3 cm³/mol. The van der Waals surface area contributed by atoms with Crippen molar-refractivity contribution in [1.29, 1.82) is 0 Å². The first-order chi connectivity index (χ1) is 7.66. The normalized spacial score (nSPS) is 11.0. The summed E-state index contributed by atoms with van der Waals surface area (Å²) in [6, 6.07) is 9.53. The molecule has 1 aromatic carbocycles. The van der Waals surface area contributed by atoms with Gasteiger partial charge in [0.2, 0.25) is 0 Å². The van der Waals surface area contributed by atoms with Gasteiger partial charge in [0.05, 0.1) is 0 Å². The van der Waals surface area contributed by atoms with Gasteiger partial charge in [0, 0.05) is 12.1 Å². The third-order valence-corrected chi connectivity index (χ3v) is 2.22. The van der Waals surface area contributed by atoms with Crippen LogP contribution in [-0.2, 0) is 6.54 Å². The molecule has 0 fully saturated rings. The molecule has 1 heterocycles. The quantitative estimate of drug-likeness (QED) is 0.794. The molecule has 0 radical (unpaired) electrons. The molecule has 1 aromatic heterocycles. The molecule has 0 spiro atoms. The van der Waals surface area contributed by atoms with Crippen molar-refractivity contribution in [1.82, 2.24) is 14.8 Å². The van der Waals surface area contributed by atoms with E-state index < -0.39 is 6.08 Å². The van der Waals surface area contributed by atoms with Crippen LogP contribution in [0.4, 0.5) is 4.39 Å². The van der Waals surface area contributed by atoms with E-state index in [1.807, 2.05) is 30.3 Å². The lowest BCUT2D eigenvalue weighted by atomic mass is 10.2. The highest BCUT2D eigenvalue weighted by Crippen LogP contribution is 2.17. The number of hydrogen-bond donors (Lipinski definition) is 0. The minimum atomic E-state index is -0.667. The van der Waals surface area contributed by atoms with Crippen LogP contribution in [0, 0.1) is 12.0 Å². The Balaban J connectivity index is 2.40. The molecular weight excluding hydrogens is 205 g/mol. The number of rotatable bonds is 3. The Bertz CT molecular complexity index is 462. The Labute approximate surface area is 93.9 Å². The fourth-order valence-electron chi connectivity index (χ4n) is 1.59. The van der Waals surface area contributed by atoms with E-state index in [0.717, 1.165) is 5.56 Å². The van der Waals surface area contributed by atoms with Crippen LogP contribution in [0.5, 0.6) is 0 Å². The fraction of sp³-hybridized carbons (Fsp3) is 0.333. The number of benzene rings is 1. The van der Waals surface area contributed by atoms with E-state index in [2.05, 4.69) is 23.9 Å². The SMILES string of the molecule is CC(C)Cn1nc(F)nc1-c1ccccc1. The van der Waals surface area contributed by atoms with E-state index in [1.165, 1.54) is 0 Å². The summed E-state index contributed by atoms with van der Waals surface area (Å²) in [5, 5.41) is 3.77. The maximum atomic E-state index is 13.1. The summed E-state index contributed by atoms with van der Waals surface area (Å²) in [7, 11) is 0. The lowest BCUT2D eigenvalue weighted by Gasteiger charge is -2.07. The van der Waals surface area contributed by atoms with Crippen molar-refractivity contribution in [3.63, 3.8) is 0 Å². The second kappa shape index (κ2) is 4.43. The standard InChI is InChI=1S/C12H14FN3/c1-9(2)8-16-11(14-12(13)15-16)10-6-4-3-5-7-10/h3-7,9H,8H2,1-2H3. The highest BCUT2D eigenvalue weighted by Gasteiger charge is 2.12. The Morgan fingerprint density at radius 1 is 1.25 bits per heavy atom. The van der Waals surface area contributed by atoms with E-state index in [1.54, 1.807) is 4.68 Å². The Hall–Kier alpha value is -1.71. The van der Waals surface area contributed by atoms with Crippen LogP contribution < -0.4 is 0 Å². The maximum Gasteiger partial charge on any atom is 0.327 e. The van der Waals surface area contributed by atoms with Gasteiger partial charge < -0.3 is 0 Å². The molecule has 4 heteroatoms. The summed E-state index contributed by atoms with van der Waals surface area (Å²) >= 11 is 0. The van der Waals surface area contributed by atoms with Crippen molar-refractivity contribution in [2.24, 2.45) is 5.92 Å². The molecule has 0 amide bonds. The third kappa shape index (κ3) is 2.27. The van der Waals surface area contributed by atoms with Crippen LogP contribution in [0.15, 0.2) is 30.3 Å². The van der Waals surface area contributed by atoms with E-state index in [-0.39, 0.29) is 0 Å². The van der Waals surface area contributed by atoms with Crippen LogP contribution in [0.25, 0.3) is 11.4 Å². The van der Waals surface area contributed by atoms with E-state index in [0.29, 0.717) is 18.3 Å². The summed E-state index contributed by atoms with van der Waals surface area (Å²) in [6.07, 6.45) is -0.667. The second-order valence-corrected chi connectivity index (χ2v) is 4.15. The van der Waals surface area contributed by atoms with Crippen molar-refractivity contribution in [2.45, 2.75) is 20.4 Å². The molecule has 3 nitrogen and oxygen atoms in total. The molecule has 0 atom stereocenters. The van der Waals surface area contributed by atoms with E-state index >= 15 is 0 Å². The molecular formula is C12H14FN3. The molecule has 0 N–H and O–H groups in total. The van der Waals surface area contributed by atoms with Gasteiger partial charge in [0.15, 0.2) is 5.82 Å². The van der Waals surface area contributed by atoms with E-state index in [9.17, 15) is 4.39 Å². The predicted octanol–water partition coefficient (Wildman–Crippen LogP) is 2.74. The molecule has 0 saturated heterocycles. The molecule has 2 rings (SSSR count). The van der Waals surface area contributed by atoms with Gasteiger partial charge >= 0.3 is 6.08 Å². The molecule has 0 unspecified atom stereocenters. The summed E-state index contributed by atoms with van der Waals surface area (Å²) in [4.78, 5) is 3.82. The van der Waals surface area contributed by atoms with Crippen LogP contribution in [0.2, 0.25) is 0 Å². The third-order valence-electron chi connectivity index (χ3n) is 2.22. The van der Waals surface area contributed by atoms with Gasteiger partial charge in [0.1, 0.15) is 0 Å². The highest BCUT2D eigenvalue weighted by molar-refractivity contribution is 5.54. The Morgan fingerprint density at radius 2 is 1.94 bits per heavy atom. The zero-order valence-corrected chi connectivity index (χ0v) is 9.39. The molecule has 0 bridgehead atoms. The number of hydrogen-bond acceptors (Lipinski definition) is 2. The minimum absolute atomic E-state index is 0.406. The first-order valence-electron chi connectivity index (χ1n) is 5.32. The lowest BCUT2D eigenvalue weighted by molar-refractivity contribution is 0.456. The van der Waals surface area contributed by atoms with E-state index in [4.69, 9.17) is 0 Å². The van der Waals surface area contributed by atoms with Gasteiger partial charge in [-0.1, -0.05) is 44.2 Å². The average Bonchev–Trinajstić information content (AvgIpc) is 2.60. The van der Waals surface area contributed by atoms with Crippen LogP contribution in [-0.4, -0.2) is 14.8 Å². The van der Waals surface area contributed by atoms with Crippen molar-refractivity contribution >= 4 is 0 Å². The molecule has 0 aliphatic rings. The minimum Gasteiger partial charge on any atom is -0.243 e. The number of halogens is 1. The topological polar surface area (TPSA) is 30.7 Å². The van der Waals surface area contributed by atoms with Crippen LogP contribution >= 0.6 is 0 Å². The van der Waals surface area contributed by atoms with Gasteiger partial charge in [-0.2, -0.15) is 9.37 Å². The smallest absolute Gasteiger partial charge is 0.243 e. The van der Waals surface area contributed by atoms with Crippen molar-refractivity contribution < 1.29 is 4.39 Å². The molecule has 84 valence electrons. The highest BCUT2D eigenvalue weighted by atomic mass is 19.1. The van der Waals surface area contributed by atoms with Crippen LogP contribution in [0.3, 0.4) is 0 Å². The number of nitrogens with zero attached hydrogens (tertiary/aromatic N) is 3. The fourth-order valence-corrected chi connectivity index (χ4v) is 1.59. The molecule has 2 aromatic rings. The molecule has 16 heavy (non-hydrogen) atoms. The van der Waals surface area contributed by atoms with Crippen LogP contribution in [0.1, 0.15) is 13.8 Å². The lowest BCUT2D eigenvalue weighted by Crippen LogP contribution is -2.08. The summed E-state index contributed by atoms with van der Waals surface area (Å²) in [6.45, 7) is 4.80. The van der Waals surface area contributed by atoms with Gasteiger partial charge in [0.25, 0.3) is 0 Å². The first kappa shape index (κ1) is 10.8. The van der Waals surface area contributed by atoms with Gasteiger partial charge in [-0.15, -0.1) is 5.10 Å². The average molecular weight is 219 g/mol. The Morgan fingerprint density at radius 3 is 2.56 bits per heavy atom. The largest absolute Gasteiger partial charge is 0.327 e. The summed E-state index contributed by atoms with van der Waals surface area (Å²) < 4.78 is 14.7. The molecule has 0 aliphatic carbocycles. The zero-order chi connectivity index (χ0) is 11.5. The first-order valence-corrected chi connectivity index (χ1v) is 5.32. The van der Waals surface area contributed by atoms with Crippen molar-refractivity contribution in [3.05, 3.63) is 36.4 Å².